The fourth-order valence-corrected chi connectivity index (χ4v) is 3.65. The fraction of sp³-hybridized carbons (Fsp3) is 0.476. The largest absolute Gasteiger partial charge is 0.352 e. The molecule has 5 nitrogen and oxygen atoms in total. The number of aromatic amines is 1. The van der Waals surface area contributed by atoms with Gasteiger partial charge in [-0.05, 0) is 43.9 Å². The second-order valence-corrected chi connectivity index (χ2v) is 7.19. The van der Waals surface area contributed by atoms with Gasteiger partial charge in [-0.1, -0.05) is 31.4 Å². The van der Waals surface area contributed by atoms with Crippen molar-refractivity contribution in [3.63, 3.8) is 0 Å². The van der Waals surface area contributed by atoms with Gasteiger partial charge in [-0.25, -0.2) is 4.98 Å². The molecule has 0 atom stereocenters. The lowest BCUT2D eigenvalue weighted by atomic mass is 9.89. The monoisotopic (exact) mass is 351 g/mol. The normalized spacial score (nSPS) is 14.8. The van der Waals surface area contributed by atoms with Crippen LogP contribution in [0.3, 0.4) is 0 Å². The first-order valence-corrected chi connectivity index (χ1v) is 9.48. The summed E-state index contributed by atoms with van der Waals surface area (Å²) in [5.74, 6) is 1.05. The Kier molecular flexibility index (Phi) is 5.72. The second kappa shape index (κ2) is 8.18. The van der Waals surface area contributed by atoms with E-state index in [9.17, 15) is 10.1 Å². The minimum Gasteiger partial charge on any atom is -0.352 e. The van der Waals surface area contributed by atoms with E-state index in [-0.39, 0.29) is 11.8 Å². The van der Waals surface area contributed by atoms with E-state index in [1.54, 1.807) is 0 Å². The highest BCUT2D eigenvalue weighted by atomic mass is 16.1. The zero-order chi connectivity index (χ0) is 18.5. The molecule has 3 N–H and O–H groups in total. The number of nitriles is 1. The Bertz CT molecular complexity index is 847. The van der Waals surface area contributed by atoms with Gasteiger partial charge >= 0.3 is 0 Å². The molecular weight excluding hydrogens is 324 g/mol. The summed E-state index contributed by atoms with van der Waals surface area (Å²) in [5, 5.41) is 16.8. The summed E-state index contributed by atoms with van der Waals surface area (Å²) >= 11 is 0. The van der Waals surface area contributed by atoms with Gasteiger partial charge in [0.2, 0.25) is 5.91 Å². The molecule has 0 radical (unpaired) electrons. The maximum atomic E-state index is 12.2. The highest BCUT2D eigenvalue weighted by molar-refractivity contribution is 5.82. The van der Waals surface area contributed by atoms with Crippen molar-refractivity contribution in [2.24, 2.45) is 5.92 Å². The molecule has 0 unspecified atom stereocenters. The molecule has 1 saturated carbocycles. The quantitative estimate of drug-likeness (QED) is 0.812. The third-order valence-corrected chi connectivity index (χ3v) is 5.41. The predicted octanol–water partition coefficient (Wildman–Crippen LogP) is 3.25. The molecule has 2 aromatic rings. The number of nitrogens with zero attached hydrogens (tertiary/aromatic N) is 1. The summed E-state index contributed by atoms with van der Waals surface area (Å²) < 4.78 is 0. The lowest BCUT2D eigenvalue weighted by molar-refractivity contribution is -0.328. The van der Waals surface area contributed by atoms with E-state index in [1.807, 2.05) is 12.1 Å². The Hall–Kier alpha value is -2.61. The first-order valence-electron chi connectivity index (χ1n) is 9.48. The first-order chi connectivity index (χ1) is 12.6. The van der Waals surface area contributed by atoms with Crippen LogP contribution in [0.15, 0.2) is 18.2 Å². The van der Waals surface area contributed by atoms with Gasteiger partial charge in [0.05, 0.1) is 6.54 Å². The molecule has 5 heteroatoms. The topological polar surface area (TPSA) is 79.1 Å². The molecule has 1 aliphatic rings. The molecule has 1 aliphatic carbocycles. The molecule has 1 amide bonds. The van der Waals surface area contributed by atoms with Gasteiger partial charge < -0.3 is 5.32 Å². The molecular formula is C21H27N4O+. The number of anilines is 1. The molecule has 0 aliphatic heterocycles. The third-order valence-electron chi connectivity index (χ3n) is 5.41. The third kappa shape index (κ3) is 3.96. The van der Waals surface area contributed by atoms with Crippen molar-refractivity contribution < 1.29 is 9.78 Å². The van der Waals surface area contributed by atoms with Crippen molar-refractivity contribution in [3.8, 4) is 6.07 Å². The Balaban J connectivity index is 1.63. The van der Waals surface area contributed by atoms with Crippen LogP contribution in [0.25, 0.3) is 10.9 Å². The number of carbonyl (C=O) groups is 1. The van der Waals surface area contributed by atoms with Gasteiger partial charge in [0.15, 0.2) is 0 Å². The van der Waals surface area contributed by atoms with Crippen LogP contribution in [0.5, 0.6) is 0 Å². The van der Waals surface area contributed by atoms with Crippen LogP contribution in [0.2, 0.25) is 0 Å². The van der Waals surface area contributed by atoms with E-state index in [2.05, 4.69) is 41.6 Å². The molecule has 3 rings (SSSR count). The molecule has 1 aromatic carbocycles. The van der Waals surface area contributed by atoms with Crippen LogP contribution in [-0.4, -0.2) is 19.0 Å². The molecule has 1 heterocycles. The molecule has 1 fully saturated rings. The number of nitrogens with one attached hydrogen (secondary N) is 3. The van der Waals surface area contributed by atoms with Gasteiger partial charge in [0.25, 0.3) is 5.82 Å². The van der Waals surface area contributed by atoms with Crippen molar-refractivity contribution in [1.82, 2.24) is 5.32 Å². The lowest BCUT2D eigenvalue weighted by Crippen LogP contribution is -2.35. The number of aryl methyl sites for hydroxylation is 2. The summed E-state index contributed by atoms with van der Waals surface area (Å²) in [6, 6.07) is 8.25. The number of hydrogen-bond acceptors (Lipinski definition) is 3. The average molecular weight is 351 g/mol. The number of amides is 1. The summed E-state index contributed by atoms with van der Waals surface area (Å²) in [4.78, 5) is 15.6. The zero-order valence-electron chi connectivity index (χ0n) is 15.6. The number of hydrogen-bond donors (Lipinski definition) is 2. The van der Waals surface area contributed by atoms with Crippen molar-refractivity contribution in [2.75, 3.05) is 18.4 Å². The molecule has 26 heavy (non-hydrogen) atoms. The summed E-state index contributed by atoms with van der Waals surface area (Å²) in [6.07, 6.45) is 5.59. The minimum absolute atomic E-state index is 0.168. The highest BCUT2D eigenvalue weighted by Crippen LogP contribution is 2.23. The van der Waals surface area contributed by atoms with Crippen molar-refractivity contribution in [3.05, 3.63) is 34.9 Å². The van der Waals surface area contributed by atoms with Gasteiger partial charge in [0.1, 0.15) is 23.7 Å². The first kappa shape index (κ1) is 18.2. The lowest BCUT2D eigenvalue weighted by Gasteiger charge is -2.20. The number of H-pyrrole nitrogens is 1. The standard InChI is InChI=1S/C21H26N4O/c1-14-8-9-17-12-18(13-22)20(25-19(17)15(14)2)23-10-11-24-21(26)16-6-4-3-5-7-16/h8-9,12,16H,3-7,10-11H2,1-2H3,(H,23,25)(H,24,26)/p+1. The van der Waals surface area contributed by atoms with Crippen LogP contribution in [0.4, 0.5) is 5.82 Å². The van der Waals surface area contributed by atoms with E-state index in [4.69, 9.17) is 0 Å². The van der Waals surface area contributed by atoms with E-state index in [0.29, 0.717) is 24.5 Å². The minimum atomic E-state index is 0.168. The molecule has 0 spiro atoms. The average Bonchev–Trinajstić information content (AvgIpc) is 2.68. The number of benzene rings is 1. The Labute approximate surface area is 154 Å². The smallest absolute Gasteiger partial charge is 0.290 e. The van der Waals surface area contributed by atoms with Gasteiger partial charge in [-0.15, -0.1) is 0 Å². The Morgan fingerprint density at radius 3 is 2.73 bits per heavy atom. The number of rotatable bonds is 5. The summed E-state index contributed by atoms with van der Waals surface area (Å²) in [6.45, 7) is 5.29. The van der Waals surface area contributed by atoms with E-state index < -0.39 is 0 Å². The van der Waals surface area contributed by atoms with Crippen LogP contribution in [-0.2, 0) is 4.79 Å². The van der Waals surface area contributed by atoms with Crippen molar-refractivity contribution in [2.45, 2.75) is 46.0 Å². The number of carbonyl (C=O) groups excluding carboxylic acids is 1. The van der Waals surface area contributed by atoms with Gasteiger partial charge in [-0.3, -0.25) is 10.1 Å². The maximum Gasteiger partial charge on any atom is 0.290 e. The van der Waals surface area contributed by atoms with Gasteiger partial charge in [0, 0.05) is 11.3 Å². The predicted molar refractivity (Wildman–Crippen MR) is 103 cm³/mol. The highest BCUT2D eigenvalue weighted by Gasteiger charge is 2.21. The number of pyridine rings is 1. The van der Waals surface area contributed by atoms with Crippen molar-refractivity contribution >= 4 is 22.6 Å². The number of fused-ring (bicyclic) bond motifs is 1. The van der Waals surface area contributed by atoms with Crippen LogP contribution in [0.1, 0.15) is 48.8 Å². The van der Waals surface area contributed by atoms with E-state index >= 15 is 0 Å². The Morgan fingerprint density at radius 2 is 2.00 bits per heavy atom. The molecule has 136 valence electrons. The fourth-order valence-electron chi connectivity index (χ4n) is 3.65. The summed E-state index contributed by atoms with van der Waals surface area (Å²) in [7, 11) is 0. The SMILES string of the molecule is Cc1ccc2cc(C#N)c(NCCNC(=O)C3CCCCC3)[nH+]c2c1C. The zero-order valence-corrected chi connectivity index (χ0v) is 15.6. The van der Waals surface area contributed by atoms with Crippen LogP contribution >= 0.6 is 0 Å². The second-order valence-electron chi connectivity index (χ2n) is 7.19. The van der Waals surface area contributed by atoms with Crippen LogP contribution < -0.4 is 15.6 Å². The van der Waals surface area contributed by atoms with Crippen LogP contribution in [0, 0.1) is 31.1 Å². The van der Waals surface area contributed by atoms with Crippen molar-refractivity contribution in [1.29, 1.82) is 5.26 Å². The van der Waals surface area contributed by atoms with Gasteiger partial charge in [-0.2, -0.15) is 5.26 Å². The van der Waals surface area contributed by atoms with E-state index in [0.717, 1.165) is 36.6 Å². The molecule has 1 aromatic heterocycles. The number of aromatic nitrogens is 1. The molecule has 0 saturated heterocycles. The summed E-state index contributed by atoms with van der Waals surface area (Å²) in [5.41, 5.74) is 4.02. The molecule has 0 bridgehead atoms. The maximum absolute atomic E-state index is 12.2. The Morgan fingerprint density at radius 1 is 1.23 bits per heavy atom. The van der Waals surface area contributed by atoms with E-state index in [1.165, 1.54) is 17.5 Å².